The summed E-state index contributed by atoms with van der Waals surface area (Å²) < 4.78 is 0. The predicted octanol–water partition coefficient (Wildman–Crippen LogP) is 3.85. The number of hydrogen-bond donors (Lipinski definition) is 1. The second-order valence-electron chi connectivity index (χ2n) is 6.37. The van der Waals surface area contributed by atoms with Gasteiger partial charge in [0.05, 0.1) is 11.1 Å². The molecular formula is C19H27Cl2N3O. The van der Waals surface area contributed by atoms with Crippen LogP contribution in [0, 0.1) is 12.8 Å². The molecule has 1 aromatic heterocycles. The molecule has 0 radical (unpaired) electrons. The van der Waals surface area contributed by atoms with Crippen LogP contribution in [0.15, 0.2) is 30.3 Å². The normalized spacial score (nSPS) is 14.7. The molecule has 1 aliphatic rings. The Morgan fingerprint density at radius 1 is 1.20 bits per heavy atom. The molecule has 1 amide bonds. The van der Waals surface area contributed by atoms with E-state index in [-0.39, 0.29) is 30.7 Å². The van der Waals surface area contributed by atoms with Crippen LogP contribution in [0.3, 0.4) is 0 Å². The fourth-order valence-corrected chi connectivity index (χ4v) is 3.28. The molecule has 2 aromatic rings. The lowest BCUT2D eigenvalue weighted by atomic mass is 9.96. The molecule has 3 rings (SSSR count). The number of nitrogens with zero attached hydrogens (tertiary/aromatic N) is 2. The van der Waals surface area contributed by atoms with E-state index in [1.54, 1.807) is 0 Å². The highest BCUT2D eigenvalue weighted by Gasteiger charge is 2.24. The van der Waals surface area contributed by atoms with Crippen LogP contribution in [0.4, 0.5) is 0 Å². The second kappa shape index (κ2) is 9.95. The van der Waals surface area contributed by atoms with Gasteiger partial charge in [-0.3, -0.25) is 9.78 Å². The minimum atomic E-state index is 0. The van der Waals surface area contributed by atoms with Gasteiger partial charge in [0, 0.05) is 24.2 Å². The number of halogens is 2. The van der Waals surface area contributed by atoms with Crippen molar-refractivity contribution < 1.29 is 4.79 Å². The fraction of sp³-hybridized carbons (Fsp3) is 0.474. The Morgan fingerprint density at radius 2 is 1.92 bits per heavy atom. The smallest absolute Gasteiger partial charge is 0.256 e. The molecule has 4 nitrogen and oxygen atoms in total. The van der Waals surface area contributed by atoms with Gasteiger partial charge in [-0.25, -0.2) is 0 Å². The van der Waals surface area contributed by atoms with Gasteiger partial charge in [0.2, 0.25) is 0 Å². The average molecular weight is 384 g/mol. The first-order valence-electron chi connectivity index (χ1n) is 8.55. The van der Waals surface area contributed by atoms with Gasteiger partial charge in [0.15, 0.2) is 0 Å². The lowest BCUT2D eigenvalue weighted by molar-refractivity contribution is 0.0692. The molecule has 1 aliphatic heterocycles. The van der Waals surface area contributed by atoms with Gasteiger partial charge in [0.25, 0.3) is 5.91 Å². The van der Waals surface area contributed by atoms with Crippen molar-refractivity contribution in [2.45, 2.75) is 26.7 Å². The first kappa shape index (κ1) is 21.7. The molecule has 138 valence electrons. The Morgan fingerprint density at radius 3 is 2.60 bits per heavy atom. The summed E-state index contributed by atoms with van der Waals surface area (Å²) in [6.07, 6.45) is 2.16. The number of para-hydroxylation sites is 1. The van der Waals surface area contributed by atoms with Gasteiger partial charge >= 0.3 is 0 Å². The van der Waals surface area contributed by atoms with E-state index < -0.39 is 0 Å². The summed E-state index contributed by atoms with van der Waals surface area (Å²) in [5.74, 6) is 0.808. The second-order valence-corrected chi connectivity index (χ2v) is 6.37. The van der Waals surface area contributed by atoms with Gasteiger partial charge in [-0.2, -0.15) is 0 Å². The Bertz CT molecular complexity index is 700. The van der Waals surface area contributed by atoms with Crippen LogP contribution in [0.1, 0.15) is 35.8 Å². The van der Waals surface area contributed by atoms with Gasteiger partial charge < -0.3 is 10.2 Å². The highest BCUT2D eigenvalue weighted by molar-refractivity contribution is 6.05. The molecule has 0 unspecified atom stereocenters. The van der Waals surface area contributed by atoms with Gasteiger partial charge in [-0.05, 0) is 50.9 Å². The number of aromatic nitrogens is 1. The van der Waals surface area contributed by atoms with E-state index in [1.807, 2.05) is 42.2 Å². The van der Waals surface area contributed by atoms with E-state index in [1.165, 1.54) is 0 Å². The molecule has 0 atom stereocenters. The van der Waals surface area contributed by atoms with Gasteiger partial charge in [0.1, 0.15) is 0 Å². The molecule has 0 saturated carbocycles. The first-order chi connectivity index (χ1) is 11.2. The molecule has 0 bridgehead atoms. The number of nitrogens with one attached hydrogen (secondary N) is 1. The van der Waals surface area contributed by atoms with E-state index in [0.29, 0.717) is 5.92 Å². The predicted molar refractivity (Wildman–Crippen MR) is 108 cm³/mol. The summed E-state index contributed by atoms with van der Waals surface area (Å²) in [7, 11) is 0. The number of pyridine rings is 1. The molecule has 1 saturated heterocycles. The zero-order chi connectivity index (χ0) is 16.2. The zero-order valence-electron chi connectivity index (χ0n) is 14.8. The molecule has 0 aliphatic carbocycles. The lowest BCUT2D eigenvalue weighted by Crippen LogP contribution is -2.40. The molecule has 2 heterocycles. The maximum absolute atomic E-state index is 12.9. The largest absolute Gasteiger partial charge is 0.339 e. The number of piperidine rings is 1. The highest BCUT2D eigenvalue weighted by Crippen LogP contribution is 2.22. The van der Waals surface area contributed by atoms with Crippen LogP contribution in [-0.4, -0.2) is 42.0 Å². The van der Waals surface area contributed by atoms with Crippen molar-refractivity contribution in [1.82, 2.24) is 15.2 Å². The summed E-state index contributed by atoms with van der Waals surface area (Å²) in [6, 6.07) is 9.90. The maximum atomic E-state index is 12.9. The number of amides is 1. The molecule has 1 aromatic carbocycles. The quantitative estimate of drug-likeness (QED) is 0.871. The van der Waals surface area contributed by atoms with Crippen LogP contribution in [0.25, 0.3) is 10.9 Å². The third kappa shape index (κ3) is 5.06. The van der Waals surface area contributed by atoms with Crippen molar-refractivity contribution in [3.8, 4) is 0 Å². The Balaban J connectivity index is 0.00000156. The Kier molecular flexibility index (Phi) is 8.63. The topological polar surface area (TPSA) is 45.2 Å². The van der Waals surface area contributed by atoms with Crippen LogP contribution in [-0.2, 0) is 0 Å². The molecule has 25 heavy (non-hydrogen) atoms. The number of hydrogen-bond acceptors (Lipinski definition) is 3. The van der Waals surface area contributed by atoms with Crippen molar-refractivity contribution in [3.63, 3.8) is 0 Å². The SMILES string of the molecule is CCNCC1CCN(C(=O)c2cccc3ccc(C)nc23)CC1.Cl.Cl. The van der Waals surface area contributed by atoms with Crippen molar-refractivity contribution in [3.05, 3.63) is 41.6 Å². The third-order valence-electron chi connectivity index (χ3n) is 4.67. The third-order valence-corrected chi connectivity index (χ3v) is 4.67. The Hall–Kier alpha value is -1.36. The number of fused-ring (bicyclic) bond motifs is 1. The van der Waals surface area contributed by atoms with Crippen molar-refractivity contribution >= 4 is 41.6 Å². The van der Waals surface area contributed by atoms with Crippen LogP contribution in [0.5, 0.6) is 0 Å². The summed E-state index contributed by atoms with van der Waals surface area (Å²) in [4.78, 5) is 19.5. The van der Waals surface area contributed by atoms with Crippen molar-refractivity contribution in [2.24, 2.45) is 5.92 Å². The van der Waals surface area contributed by atoms with E-state index >= 15 is 0 Å². The van der Waals surface area contributed by atoms with Crippen molar-refractivity contribution in [2.75, 3.05) is 26.2 Å². The number of rotatable bonds is 4. The lowest BCUT2D eigenvalue weighted by Gasteiger charge is -2.32. The number of aryl methyl sites for hydroxylation is 1. The average Bonchev–Trinajstić information content (AvgIpc) is 2.59. The minimum Gasteiger partial charge on any atom is -0.339 e. The molecule has 1 fully saturated rings. The molecule has 6 heteroatoms. The maximum Gasteiger partial charge on any atom is 0.256 e. The van der Waals surface area contributed by atoms with Crippen molar-refractivity contribution in [1.29, 1.82) is 0 Å². The minimum absolute atomic E-state index is 0. The summed E-state index contributed by atoms with van der Waals surface area (Å²) >= 11 is 0. The summed E-state index contributed by atoms with van der Waals surface area (Å²) in [5.41, 5.74) is 2.51. The number of benzene rings is 1. The number of carbonyl (C=O) groups excluding carboxylic acids is 1. The number of carbonyl (C=O) groups is 1. The van der Waals surface area contributed by atoms with E-state index in [2.05, 4.69) is 17.2 Å². The summed E-state index contributed by atoms with van der Waals surface area (Å²) in [6.45, 7) is 7.86. The summed E-state index contributed by atoms with van der Waals surface area (Å²) in [5, 5.41) is 4.44. The number of likely N-dealkylation sites (tertiary alicyclic amines) is 1. The Labute approximate surface area is 162 Å². The molecule has 0 spiro atoms. The van der Waals surface area contributed by atoms with E-state index in [4.69, 9.17) is 0 Å². The van der Waals surface area contributed by atoms with Crippen LogP contribution < -0.4 is 5.32 Å². The monoisotopic (exact) mass is 383 g/mol. The molecular weight excluding hydrogens is 357 g/mol. The van der Waals surface area contributed by atoms with Gasteiger partial charge in [-0.1, -0.05) is 25.1 Å². The zero-order valence-corrected chi connectivity index (χ0v) is 16.5. The van der Waals surface area contributed by atoms with E-state index in [9.17, 15) is 4.79 Å². The molecule has 1 N–H and O–H groups in total. The van der Waals surface area contributed by atoms with Crippen LogP contribution in [0.2, 0.25) is 0 Å². The highest BCUT2D eigenvalue weighted by atomic mass is 35.5. The standard InChI is InChI=1S/C19H25N3O.2ClH/c1-3-20-13-15-9-11-22(12-10-15)19(23)17-6-4-5-16-8-7-14(2)21-18(16)17;;/h4-8,15,20H,3,9-13H2,1-2H3;2*1H. The van der Waals surface area contributed by atoms with Gasteiger partial charge in [-0.15, -0.1) is 24.8 Å². The first-order valence-corrected chi connectivity index (χ1v) is 8.55. The van der Waals surface area contributed by atoms with E-state index in [0.717, 1.165) is 61.2 Å². The fourth-order valence-electron chi connectivity index (χ4n) is 3.28. The van der Waals surface area contributed by atoms with Crippen LogP contribution >= 0.6 is 24.8 Å².